The topological polar surface area (TPSA) is 23.5 Å². The molecule has 0 aliphatic rings. The second-order valence-electron chi connectivity index (χ2n) is 4.92. The van der Waals surface area contributed by atoms with Crippen LogP contribution in [0.5, 0.6) is 5.75 Å². The third kappa shape index (κ3) is 3.86. The maximum absolute atomic E-state index is 9.75. The number of rotatable bonds is 5. The molecule has 0 bridgehead atoms. The van der Waals surface area contributed by atoms with Crippen LogP contribution in [0.25, 0.3) is 0 Å². The van der Waals surface area contributed by atoms with Gasteiger partial charge < -0.3 is 10.0 Å². The highest BCUT2D eigenvalue weighted by molar-refractivity contribution is 5.36. The fraction of sp³-hybridized carbons (Fsp3) is 0.571. The summed E-state index contributed by atoms with van der Waals surface area (Å²) < 4.78 is 0. The van der Waals surface area contributed by atoms with E-state index in [-0.39, 0.29) is 0 Å². The van der Waals surface area contributed by atoms with Crippen molar-refractivity contribution in [1.29, 1.82) is 0 Å². The van der Waals surface area contributed by atoms with Crippen LogP contribution >= 0.6 is 0 Å². The monoisotopic (exact) mass is 221 g/mol. The molecule has 16 heavy (non-hydrogen) atoms. The largest absolute Gasteiger partial charge is 0.508 e. The first kappa shape index (κ1) is 13.0. The van der Waals surface area contributed by atoms with Gasteiger partial charge in [0.2, 0.25) is 0 Å². The van der Waals surface area contributed by atoms with Crippen LogP contribution in [0, 0.1) is 5.92 Å². The molecule has 1 N–H and O–H groups in total. The lowest BCUT2D eigenvalue weighted by Gasteiger charge is -2.14. The molecule has 1 aromatic rings. The number of aromatic hydroxyl groups is 1. The lowest BCUT2D eigenvalue weighted by Crippen LogP contribution is -2.11. The summed E-state index contributed by atoms with van der Waals surface area (Å²) in [6.07, 6.45) is 2.29. The molecule has 0 heterocycles. The Morgan fingerprint density at radius 3 is 2.56 bits per heavy atom. The molecule has 0 amide bonds. The first-order valence-electron chi connectivity index (χ1n) is 5.98. The fourth-order valence-corrected chi connectivity index (χ4v) is 1.78. The molecule has 0 radical (unpaired) electrons. The molecule has 0 unspecified atom stereocenters. The van der Waals surface area contributed by atoms with Crippen LogP contribution in [0.15, 0.2) is 18.2 Å². The van der Waals surface area contributed by atoms with Gasteiger partial charge in [0.1, 0.15) is 5.75 Å². The number of hydrogen-bond donors (Lipinski definition) is 1. The van der Waals surface area contributed by atoms with Gasteiger partial charge in [-0.05, 0) is 38.1 Å². The van der Waals surface area contributed by atoms with Crippen molar-refractivity contribution in [2.75, 3.05) is 14.1 Å². The summed E-state index contributed by atoms with van der Waals surface area (Å²) in [6, 6.07) is 5.97. The van der Waals surface area contributed by atoms with Crippen LogP contribution in [-0.2, 0) is 13.0 Å². The molecule has 1 rings (SSSR count). The van der Waals surface area contributed by atoms with Crippen molar-refractivity contribution in [2.45, 2.75) is 33.2 Å². The molecule has 0 aliphatic carbocycles. The van der Waals surface area contributed by atoms with Crippen molar-refractivity contribution in [3.05, 3.63) is 29.3 Å². The standard InChI is InChI=1S/C14H23NO/c1-5-11(2)8-12-6-7-14(16)13(9-12)10-15(3)4/h6-7,9,11,16H,5,8,10H2,1-4H3/t11-/m1/s1. The van der Waals surface area contributed by atoms with Gasteiger partial charge in [-0.1, -0.05) is 32.4 Å². The lowest BCUT2D eigenvalue weighted by molar-refractivity contribution is 0.385. The molecule has 0 saturated heterocycles. The smallest absolute Gasteiger partial charge is 0.120 e. The molecule has 2 nitrogen and oxygen atoms in total. The summed E-state index contributed by atoms with van der Waals surface area (Å²) >= 11 is 0. The molecule has 90 valence electrons. The van der Waals surface area contributed by atoms with Crippen molar-refractivity contribution in [3.8, 4) is 5.75 Å². The van der Waals surface area contributed by atoms with Gasteiger partial charge in [-0.15, -0.1) is 0 Å². The predicted octanol–water partition coefficient (Wildman–Crippen LogP) is 3.04. The van der Waals surface area contributed by atoms with Crippen LogP contribution in [0.4, 0.5) is 0 Å². The average molecular weight is 221 g/mol. The molecule has 0 saturated carbocycles. The second-order valence-corrected chi connectivity index (χ2v) is 4.92. The Labute approximate surface area is 98.9 Å². The molecule has 0 spiro atoms. The summed E-state index contributed by atoms with van der Waals surface area (Å²) in [6.45, 7) is 5.27. The fourth-order valence-electron chi connectivity index (χ4n) is 1.78. The van der Waals surface area contributed by atoms with Gasteiger partial charge in [-0.3, -0.25) is 0 Å². The number of nitrogens with zero attached hydrogens (tertiary/aromatic N) is 1. The minimum atomic E-state index is 0.404. The Morgan fingerprint density at radius 1 is 1.31 bits per heavy atom. The Balaban J connectivity index is 2.80. The Hall–Kier alpha value is -1.02. The minimum absolute atomic E-state index is 0.404. The van der Waals surface area contributed by atoms with E-state index in [9.17, 15) is 5.11 Å². The van der Waals surface area contributed by atoms with Crippen LogP contribution in [0.1, 0.15) is 31.4 Å². The highest BCUT2D eigenvalue weighted by atomic mass is 16.3. The van der Waals surface area contributed by atoms with Gasteiger partial charge in [0, 0.05) is 12.1 Å². The van der Waals surface area contributed by atoms with Gasteiger partial charge in [-0.25, -0.2) is 0 Å². The van der Waals surface area contributed by atoms with Gasteiger partial charge >= 0.3 is 0 Å². The average Bonchev–Trinajstić information content (AvgIpc) is 2.22. The van der Waals surface area contributed by atoms with E-state index in [0.29, 0.717) is 11.7 Å². The first-order chi connectivity index (χ1) is 7.52. The Bertz CT molecular complexity index is 334. The van der Waals surface area contributed by atoms with Crippen molar-refractivity contribution in [3.63, 3.8) is 0 Å². The van der Waals surface area contributed by atoms with Crippen molar-refractivity contribution in [1.82, 2.24) is 4.90 Å². The van der Waals surface area contributed by atoms with E-state index in [1.807, 2.05) is 26.2 Å². The number of phenols is 1. The molecule has 2 heteroatoms. The zero-order valence-electron chi connectivity index (χ0n) is 10.8. The third-order valence-electron chi connectivity index (χ3n) is 2.91. The molecule has 1 aromatic carbocycles. The van der Waals surface area contributed by atoms with Crippen LogP contribution in [0.2, 0.25) is 0 Å². The predicted molar refractivity (Wildman–Crippen MR) is 68.7 cm³/mol. The van der Waals surface area contributed by atoms with Gasteiger partial charge in [0.05, 0.1) is 0 Å². The number of benzene rings is 1. The molecule has 0 aliphatic heterocycles. The van der Waals surface area contributed by atoms with E-state index >= 15 is 0 Å². The normalized spacial score (nSPS) is 13.1. The van der Waals surface area contributed by atoms with Crippen molar-refractivity contribution < 1.29 is 5.11 Å². The lowest BCUT2D eigenvalue weighted by atomic mass is 9.97. The minimum Gasteiger partial charge on any atom is -0.508 e. The van der Waals surface area contributed by atoms with Gasteiger partial charge in [-0.2, -0.15) is 0 Å². The molecule has 1 atom stereocenters. The zero-order valence-corrected chi connectivity index (χ0v) is 10.8. The summed E-state index contributed by atoms with van der Waals surface area (Å²) in [5.74, 6) is 1.11. The van der Waals surface area contributed by atoms with Crippen LogP contribution in [0.3, 0.4) is 0 Å². The van der Waals surface area contributed by atoms with E-state index in [1.165, 1.54) is 12.0 Å². The molecule has 0 fully saturated rings. The Kier molecular flexibility index (Phi) is 4.81. The summed E-state index contributed by atoms with van der Waals surface area (Å²) in [5, 5.41) is 9.75. The highest BCUT2D eigenvalue weighted by Gasteiger charge is 2.06. The molecular formula is C14H23NO. The SMILES string of the molecule is CC[C@@H](C)Cc1ccc(O)c(CN(C)C)c1. The summed E-state index contributed by atoms with van der Waals surface area (Å²) in [4.78, 5) is 2.07. The maximum Gasteiger partial charge on any atom is 0.120 e. The first-order valence-corrected chi connectivity index (χ1v) is 5.98. The van der Waals surface area contributed by atoms with Crippen LogP contribution < -0.4 is 0 Å². The van der Waals surface area contributed by atoms with E-state index in [0.717, 1.165) is 18.5 Å². The number of hydrogen-bond acceptors (Lipinski definition) is 2. The number of phenolic OH excluding ortho intramolecular Hbond substituents is 1. The molecular weight excluding hydrogens is 198 g/mol. The maximum atomic E-state index is 9.75. The summed E-state index contributed by atoms with van der Waals surface area (Å²) in [7, 11) is 4.03. The second kappa shape index (κ2) is 5.90. The van der Waals surface area contributed by atoms with E-state index in [2.05, 4.69) is 24.8 Å². The van der Waals surface area contributed by atoms with Gasteiger partial charge in [0.25, 0.3) is 0 Å². The van der Waals surface area contributed by atoms with Crippen molar-refractivity contribution >= 4 is 0 Å². The highest BCUT2D eigenvalue weighted by Crippen LogP contribution is 2.21. The van der Waals surface area contributed by atoms with E-state index in [1.54, 1.807) is 0 Å². The summed E-state index contributed by atoms with van der Waals surface area (Å²) in [5.41, 5.74) is 2.34. The van der Waals surface area contributed by atoms with Gasteiger partial charge in [0.15, 0.2) is 0 Å². The van der Waals surface area contributed by atoms with Crippen LogP contribution in [-0.4, -0.2) is 24.1 Å². The van der Waals surface area contributed by atoms with Crippen molar-refractivity contribution in [2.24, 2.45) is 5.92 Å². The van der Waals surface area contributed by atoms with E-state index in [4.69, 9.17) is 0 Å². The molecule has 0 aromatic heterocycles. The third-order valence-corrected chi connectivity index (χ3v) is 2.91. The quantitative estimate of drug-likeness (QED) is 0.826. The van der Waals surface area contributed by atoms with E-state index < -0.39 is 0 Å². The Morgan fingerprint density at radius 2 is 2.00 bits per heavy atom. The zero-order chi connectivity index (χ0) is 12.1.